The second-order valence-corrected chi connectivity index (χ2v) is 7.50. The Morgan fingerprint density at radius 1 is 1.07 bits per heavy atom. The fraction of sp³-hybridized carbons (Fsp3) is 0.348. The number of hydrogen-bond donors (Lipinski definition) is 0. The summed E-state index contributed by atoms with van der Waals surface area (Å²) in [5.41, 5.74) is 1.94. The fourth-order valence-corrected chi connectivity index (χ4v) is 3.70. The number of rotatable bonds is 6. The highest BCUT2D eigenvalue weighted by Crippen LogP contribution is 2.22. The number of benzene rings is 2. The molecule has 3 aromatic rings. The van der Waals surface area contributed by atoms with Crippen LogP contribution in [-0.4, -0.2) is 52.6 Å². The van der Waals surface area contributed by atoms with Crippen molar-refractivity contribution in [3.05, 3.63) is 66.0 Å². The molecule has 0 spiro atoms. The summed E-state index contributed by atoms with van der Waals surface area (Å²) in [6, 6.07) is 17.4. The molecule has 2 heterocycles. The first kappa shape index (κ1) is 19.9. The Balaban J connectivity index is 1.37. The van der Waals surface area contributed by atoms with Crippen molar-refractivity contribution in [3.8, 4) is 17.2 Å². The minimum Gasteiger partial charge on any atom is -0.497 e. The van der Waals surface area contributed by atoms with Crippen LogP contribution >= 0.6 is 0 Å². The number of piperidine rings is 1. The van der Waals surface area contributed by atoms with Crippen molar-refractivity contribution < 1.29 is 14.3 Å². The predicted octanol–water partition coefficient (Wildman–Crippen LogP) is 3.52. The highest BCUT2D eigenvalue weighted by Gasteiger charge is 2.27. The molecule has 4 rings (SSSR count). The molecule has 156 valence electrons. The maximum absolute atomic E-state index is 13.0. The van der Waals surface area contributed by atoms with Gasteiger partial charge in [0.15, 0.2) is 5.69 Å². The van der Waals surface area contributed by atoms with Crippen LogP contribution < -0.4 is 9.47 Å². The van der Waals surface area contributed by atoms with Crippen molar-refractivity contribution in [2.75, 3.05) is 26.8 Å². The molecule has 0 saturated carbocycles. The Hall–Kier alpha value is -3.35. The van der Waals surface area contributed by atoms with Crippen molar-refractivity contribution in [2.24, 2.45) is 5.92 Å². The molecule has 0 unspecified atom stereocenters. The van der Waals surface area contributed by atoms with Gasteiger partial charge in [0.2, 0.25) is 0 Å². The summed E-state index contributed by atoms with van der Waals surface area (Å²) in [7, 11) is 1.62. The van der Waals surface area contributed by atoms with E-state index in [2.05, 4.69) is 10.3 Å². The third-order valence-corrected chi connectivity index (χ3v) is 5.53. The van der Waals surface area contributed by atoms with Gasteiger partial charge < -0.3 is 14.4 Å². The molecule has 1 fully saturated rings. The predicted molar refractivity (Wildman–Crippen MR) is 113 cm³/mol. The van der Waals surface area contributed by atoms with Crippen molar-refractivity contribution in [3.63, 3.8) is 0 Å². The molecule has 0 aliphatic carbocycles. The van der Waals surface area contributed by atoms with E-state index in [1.807, 2.05) is 66.4 Å². The minimum atomic E-state index is -0.0657. The molecule has 1 saturated heterocycles. The summed E-state index contributed by atoms with van der Waals surface area (Å²) in [6.07, 6.45) is 1.84. The SMILES string of the molecule is COc1cccc(-n2nnc(C(=O)N3CCC(COc4ccccc4)CC3)c2C)c1. The number of carbonyl (C=O) groups is 1. The summed E-state index contributed by atoms with van der Waals surface area (Å²) in [5, 5.41) is 8.37. The normalized spacial score (nSPS) is 14.5. The maximum atomic E-state index is 13.0. The van der Waals surface area contributed by atoms with Gasteiger partial charge in [0.25, 0.3) is 5.91 Å². The van der Waals surface area contributed by atoms with Gasteiger partial charge in [0, 0.05) is 19.2 Å². The first-order valence-electron chi connectivity index (χ1n) is 10.2. The molecule has 0 atom stereocenters. The van der Waals surface area contributed by atoms with Gasteiger partial charge in [-0.05, 0) is 49.9 Å². The van der Waals surface area contributed by atoms with E-state index in [0.717, 1.165) is 35.7 Å². The standard InChI is InChI=1S/C23H26N4O3/c1-17-22(24-25-27(17)19-7-6-10-21(15-19)29-2)23(28)26-13-11-18(12-14-26)16-30-20-8-4-3-5-9-20/h3-10,15,18H,11-14,16H2,1-2H3. The highest BCUT2D eigenvalue weighted by molar-refractivity contribution is 5.93. The molecule has 7 heteroatoms. The summed E-state index contributed by atoms with van der Waals surface area (Å²) in [6.45, 7) is 3.95. The van der Waals surface area contributed by atoms with Gasteiger partial charge >= 0.3 is 0 Å². The van der Waals surface area contributed by atoms with Crippen molar-refractivity contribution in [1.82, 2.24) is 19.9 Å². The number of amides is 1. The van der Waals surface area contributed by atoms with Crippen molar-refractivity contribution in [2.45, 2.75) is 19.8 Å². The van der Waals surface area contributed by atoms with Crippen molar-refractivity contribution in [1.29, 1.82) is 0 Å². The average Bonchev–Trinajstić information content (AvgIpc) is 3.19. The molecule has 1 amide bonds. The van der Waals surface area contributed by atoms with E-state index in [4.69, 9.17) is 9.47 Å². The van der Waals surface area contributed by atoms with E-state index in [1.54, 1.807) is 11.8 Å². The van der Waals surface area contributed by atoms with Gasteiger partial charge in [0.05, 0.1) is 25.1 Å². The molecule has 30 heavy (non-hydrogen) atoms. The molecule has 0 bridgehead atoms. The number of para-hydroxylation sites is 1. The molecular weight excluding hydrogens is 380 g/mol. The zero-order chi connectivity index (χ0) is 20.9. The quantitative estimate of drug-likeness (QED) is 0.627. The van der Waals surface area contributed by atoms with Crippen molar-refractivity contribution >= 4 is 5.91 Å². The molecule has 7 nitrogen and oxygen atoms in total. The van der Waals surface area contributed by atoms with Crippen LogP contribution in [0.5, 0.6) is 11.5 Å². The summed E-state index contributed by atoms with van der Waals surface area (Å²) < 4.78 is 12.8. The zero-order valence-electron chi connectivity index (χ0n) is 17.3. The number of nitrogens with zero attached hydrogens (tertiary/aromatic N) is 4. The van der Waals surface area contributed by atoms with Gasteiger partial charge in [-0.15, -0.1) is 5.10 Å². The lowest BCUT2D eigenvalue weighted by atomic mass is 9.97. The number of hydrogen-bond acceptors (Lipinski definition) is 5. The number of carbonyl (C=O) groups excluding carboxylic acids is 1. The van der Waals surface area contributed by atoms with Crippen LogP contribution in [-0.2, 0) is 0 Å². The van der Waals surface area contributed by atoms with Gasteiger partial charge in [-0.25, -0.2) is 4.68 Å². The Bertz CT molecular complexity index is 995. The summed E-state index contributed by atoms with van der Waals surface area (Å²) >= 11 is 0. The average molecular weight is 406 g/mol. The summed E-state index contributed by atoms with van der Waals surface area (Å²) in [5.74, 6) is 2.00. The zero-order valence-corrected chi connectivity index (χ0v) is 17.3. The number of likely N-dealkylation sites (tertiary alicyclic amines) is 1. The third kappa shape index (κ3) is 4.30. The van der Waals surface area contributed by atoms with Crippen LogP contribution in [0, 0.1) is 12.8 Å². The molecule has 1 aromatic heterocycles. The topological polar surface area (TPSA) is 69.5 Å². The molecule has 1 aliphatic heterocycles. The number of ether oxygens (including phenoxy) is 2. The lowest BCUT2D eigenvalue weighted by molar-refractivity contribution is 0.0654. The Labute approximate surface area is 176 Å². The van der Waals surface area contributed by atoms with E-state index in [9.17, 15) is 4.79 Å². The lowest BCUT2D eigenvalue weighted by Crippen LogP contribution is -2.40. The van der Waals surface area contributed by atoms with Gasteiger partial charge in [-0.1, -0.05) is 29.5 Å². The second kappa shape index (κ2) is 8.98. The van der Waals surface area contributed by atoms with Crippen LogP contribution in [0.3, 0.4) is 0 Å². The molecular formula is C23H26N4O3. The van der Waals surface area contributed by atoms with Gasteiger partial charge in [0.1, 0.15) is 11.5 Å². The third-order valence-electron chi connectivity index (χ3n) is 5.53. The van der Waals surface area contributed by atoms with Crippen LogP contribution in [0.2, 0.25) is 0 Å². The van der Waals surface area contributed by atoms with Crippen LogP contribution in [0.25, 0.3) is 5.69 Å². The van der Waals surface area contributed by atoms with E-state index < -0.39 is 0 Å². The first-order chi connectivity index (χ1) is 14.7. The minimum absolute atomic E-state index is 0.0657. The van der Waals surface area contributed by atoms with Gasteiger partial charge in [-0.3, -0.25) is 4.79 Å². The smallest absolute Gasteiger partial charge is 0.276 e. The van der Waals surface area contributed by atoms with Gasteiger partial charge in [-0.2, -0.15) is 0 Å². The molecule has 1 aliphatic rings. The molecule has 2 aromatic carbocycles. The van der Waals surface area contributed by atoms with E-state index in [1.165, 1.54) is 0 Å². The number of aromatic nitrogens is 3. The Morgan fingerprint density at radius 3 is 2.53 bits per heavy atom. The fourth-order valence-electron chi connectivity index (χ4n) is 3.70. The lowest BCUT2D eigenvalue weighted by Gasteiger charge is -2.31. The Morgan fingerprint density at radius 2 is 1.80 bits per heavy atom. The van der Waals surface area contributed by atoms with E-state index in [-0.39, 0.29) is 5.91 Å². The molecule has 0 N–H and O–H groups in total. The molecule has 0 radical (unpaired) electrons. The van der Waals surface area contributed by atoms with E-state index >= 15 is 0 Å². The van der Waals surface area contributed by atoms with Crippen LogP contribution in [0.4, 0.5) is 0 Å². The summed E-state index contributed by atoms with van der Waals surface area (Å²) in [4.78, 5) is 14.9. The highest BCUT2D eigenvalue weighted by atomic mass is 16.5. The maximum Gasteiger partial charge on any atom is 0.276 e. The van der Waals surface area contributed by atoms with Crippen LogP contribution in [0.15, 0.2) is 54.6 Å². The van der Waals surface area contributed by atoms with E-state index in [0.29, 0.717) is 31.3 Å². The largest absolute Gasteiger partial charge is 0.497 e. The van der Waals surface area contributed by atoms with Crippen LogP contribution in [0.1, 0.15) is 29.0 Å². The second-order valence-electron chi connectivity index (χ2n) is 7.50. The number of methoxy groups -OCH3 is 1. The first-order valence-corrected chi connectivity index (χ1v) is 10.2. The monoisotopic (exact) mass is 406 g/mol. The Kier molecular flexibility index (Phi) is 5.97.